The van der Waals surface area contributed by atoms with Gasteiger partial charge >= 0.3 is 5.97 Å². The molecule has 2 N–H and O–H groups in total. The average molecular weight is 408 g/mol. The predicted molar refractivity (Wildman–Crippen MR) is 106 cm³/mol. The smallest absolute Gasteiger partial charge is 0.303 e. The molecule has 0 amide bonds. The summed E-state index contributed by atoms with van der Waals surface area (Å²) >= 11 is 0. The zero-order chi connectivity index (χ0) is 20.4. The lowest BCUT2D eigenvalue weighted by molar-refractivity contribution is -0.137. The predicted octanol–water partition coefficient (Wildman–Crippen LogP) is 4.66. The summed E-state index contributed by atoms with van der Waals surface area (Å²) in [7, 11) is -3.69. The molecule has 0 aliphatic heterocycles. The van der Waals surface area contributed by atoms with Gasteiger partial charge in [-0.3, -0.25) is 4.79 Å². The summed E-state index contributed by atoms with van der Waals surface area (Å²) in [6, 6.07) is 13.5. The van der Waals surface area contributed by atoms with Crippen molar-refractivity contribution in [1.29, 1.82) is 0 Å². The van der Waals surface area contributed by atoms with E-state index in [2.05, 4.69) is 4.72 Å². The fourth-order valence-corrected chi connectivity index (χ4v) is 4.28. The first-order valence-corrected chi connectivity index (χ1v) is 10.9. The van der Waals surface area contributed by atoms with Crippen molar-refractivity contribution in [3.8, 4) is 0 Å². The van der Waals surface area contributed by atoms with Gasteiger partial charge in [0, 0.05) is 12.5 Å². The number of hydrogen-bond donors (Lipinski definition) is 2. The third kappa shape index (κ3) is 7.40. The van der Waals surface area contributed by atoms with Crippen LogP contribution in [0.15, 0.2) is 59.5 Å². The topological polar surface area (TPSA) is 83.5 Å². The summed E-state index contributed by atoms with van der Waals surface area (Å²) in [5.41, 5.74) is 0.715. The van der Waals surface area contributed by atoms with Crippen LogP contribution in [0.1, 0.15) is 56.6 Å². The molecule has 5 nitrogen and oxygen atoms in total. The number of halogens is 1. The van der Waals surface area contributed by atoms with Crippen LogP contribution >= 0.6 is 0 Å². The number of carbonyl (C=O) groups is 1. The molecule has 0 heterocycles. The van der Waals surface area contributed by atoms with Crippen molar-refractivity contribution in [2.75, 3.05) is 0 Å². The highest BCUT2D eigenvalue weighted by atomic mass is 32.2. The van der Waals surface area contributed by atoms with Crippen LogP contribution in [-0.2, 0) is 14.8 Å². The summed E-state index contributed by atoms with van der Waals surface area (Å²) < 4.78 is 41.3. The Morgan fingerprint density at radius 2 is 1.54 bits per heavy atom. The molecule has 1 unspecified atom stereocenters. The molecule has 0 saturated heterocycles. The minimum atomic E-state index is -3.69. The van der Waals surface area contributed by atoms with E-state index >= 15 is 0 Å². The zero-order valence-corrected chi connectivity index (χ0v) is 16.5. The van der Waals surface area contributed by atoms with E-state index in [1.807, 2.05) is 0 Å². The number of benzene rings is 2. The largest absolute Gasteiger partial charge is 0.481 e. The number of carboxylic acids is 1. The number of sulfonamides is 1. The molecule has 0 saturated carbocycles. The molecule has 0 aliphatic rings. The van der Waals surface area contributed by atoms with Gasteiger partial charge in [0.15, 0.2) is 0 Å². The van der Waals surface area contributed by atoms with Crippen LogP contribution in [-0.4, -0.2) is 19.5 Å². The summed E-state index contributed by atoms with van der Waals surface area (Å²) in [5, 5.41) is 8.64. The lowest BCUT2D eigenvalue weighted by atomic mass is 10.0. The molecule has 2 aromatic carbocycles. The lowest BCUT2D eigenvalue weighted by Gasteiger charge is -2.19. The van der Waals surface area contributed by atoms with Crippen LogP contribution in [0.5, 0.6) is 0 Å². The van der Waals surface area contributed by atoms with Gasteiger partial charge in [-0.1, -0.05) is 56.0 Å². The standard InChI is InChI=1S/C21H26FNO4S/c22-18-15-13-17(14-16-18)20(11-7-2-1-3-8-12-21(24)25)23-28(26,27)19-9-5-4-6-10-19/h4-6,9-10,13-16,20,23H,1-3,7-8,11-12H2,(H,24,25). The van der Waals surface area contributed by atoms with Crippen molar-refractivity contribution in [3.05, 3.63) is 66.0 Å². The van der Waals surface area contributed by atoms with Crippen LogP contribution in [0.4, 0.5) is 4.39 Å². The maximum absolute atomic E-state index is 13.3. The first-order chi connectivity index (χ1) is 13.4. The maximum Gasteiger partial charge on any atom is 0.303 e. The Morgan fingerprint density at radius 1 is 0.929 bits per heavy atom. The first-order valence-electron chi connectivity index (χ1n) is 9.43. The van der Waals surface area contributed by atoms with E-state index in [0.717, 1.165) is 25.7 Å². The summed E-state index contributed by atoms with van der Waals surface area (Å²) in [5.74, 6) is -1.15. The SMILES string of the molecule is O=C(O)CCCCCCCC(NS(=O)(=O)c1ccccc1)c1ccc(F)cc1. The maximum atomic E-state index is 13.3. The van der Waals surface area contributed by atoms with Crippen LogP contribution in [0.25, 0.3) is 0 Å². The van der Waals surface area contributed by atoms with Gasteiger partial charge in [0.1, 0.15) is 5.82 Å². The van der Waals surface area contributed by atoms with Gasteiger partial charge < -0.3 is 5.11 Å². The highest BCUT2D eigenvalue weighted by Gasteiger charge is 2.21. The third-order valence-electron chi connectivity index (χ3n) is 4.51. The number of nitrogens with one attached hydrogen (secondary N) is 1. The Labute approximate surface area is 165 Å². The van der Waals surface area contributed by atoms with Crippen LogP contribution in [0.2, 0.25) is 0 Å². The van der Waals surface area contributed by atoms with Crippen molar-refractivity contribution >= 4 is 16.0 Å². The second kappa shape index (κ2) is 10.9. The Bertz CT molecular complexity index is 838. The molecular weight excluding hydrogens is 381 g/mol. The summed E-state index contributed by atoms with van der Waals surface area (Å²) in [6.07, 6.45) is 4.80. The van der Waals surface area contributed by atoms with Crippen LogP contribution in [0.3, 0.4) is 0 Å². The van der Waals surface area contributed by atoms with Crippen molar-refractivity contribution in [2.45, 2.75) is 55.9 Å². The number of hydrogen-bond acceptors (Lipinski definition) is 3. The molecule has 28 heavy (non-hydrogen) atoms. The highest BCUT2D eigenvalue weighted by Crippen LogP contribution is 2.23. The fraction of sp³-hybridized carbons (Fsp3) is 0.381. The zero-order valence-electron chi connectivity index (χ0n) is 15.7. The normalized spacial score (nSPS) is 12.6. The molecule has 2 aromatic rings. The second-order valence-corrected chi connectivity index (χ2v) is 8.45. The van der Waals surface area contributed by atoms with Gasteiger partial charge in [-0.15, -0.1) is 0 Å². The molecule has 0 aliphatic carbocycles. The van der Waals surface area contributed by atoms with Crippen LogP contribution in [0, 0.1) is 5.82 Å². The summed E-state index contributed by atoms with van der Waals surface area (Å²) in [6.45, 7) is 0. The van der Waals surface area contributed by atoms with E-state index in [1.54, 1.807) is 30.3 Å². The van der Waals surface area contributed by atoms with E-state index in [0.29, 0.717) is 18.4 Å². The Balaban J connectivity index is 1.98. The van der Waals surface area contributed by atoms with E-state index in [-0.39, 0.29) is 17.1 Å². The van der Waals surface area contributed by atoms with Crippen LogP contribution < -0.4 is 4.72 Å². The fourth-order valence-electron chi connectivity index (χ4n) is 3.00. The molecule has 7 heteroatoms. The van der Waals surface area contributed by atoms with E-state index in [1.165, 1.54) is 24.3 Å². The van der Waals surface area contributed by atoms with Gasteiger partial charge in [-0.2, -0.15) is 0 Å². The van der Waals surface area contributed by atoms with Gasteiger partial charge in [-0.25, -0.2) is 17.5 Å². The van der Waals surface area contributed by atoms with E-state index in [9.17, 15) is 17.6 Å². The molecule has 0 aromatic heterocycles. The molecular formula is C21H26FNO4S. The van der Waals surface area contributed by atoms with Gasteiger partial charge in [0.2, 0.25) is 10.0 Å². The first kappa shape index (κ1) is 22.0. The molecule has 2 rings (SSSR count). The number of rotatable bonds is 12. The Morgan fingerprint density at radius 3 is 2.18 bits per heavy atom. The third-order valence-corrected chi connectivity index (χ3v) is 5.99. The summed E-state index contributed by atoms with van der Waals surface area (Å²) in [4.78, 5) is 10.7. The minimum absolute atomic E-state index is 0.176. The molecule has 0 radical (unpaired) electrons. The van der Waals surface area contributed by atoms with Crippen molar-refractivity contribution in [2.24, 2.45) is 0 Å². The molecule has 1 atom stereocenters. The van der Waals surface area contributed by atoms with Crippen molar-refractivity contribution in [1.82, 2.24) is 4.72 Å². The second-order valence-electron chi connectivity index (χ2n) is 6.74. The van der Waals surface area contributed by atoms with Gasteiger partial charge in [-0.05, 0) is 42.7 Å². The molecule has 0 bridgehead atoms. The van der Waals surface area contributed by atoms with E-state index in [4.69, 9.17) is 5.11 Å². The molecule has 0 spiro atoms. The van der Waals surface area contributed by atoms with Gasteiger partial charge in [0.25, 0.3) is 0 Å². The number of carboxylic acid groups (broad SMARTS) is 1. The van der Waals surface area contributed by atoms with Crippen molar-refractivity contribution in [3.63, 3.8) is 0 Å². The Kier molecular flexibility index (Phi) is 8.60. The van der Waals surface area contributed by atoms with Crippen molar-refractivity contribution < 1.29 is 22.7 Å². The monoisotopic (exact) mass is 407 g/mol. The van der Waals surface area contributed by atoms with Gasteiger partial charge in [0.05, 0.1) is 4.90 Å². The molecule has 0 fully saturated rings. The van der Waals surface area contributed by atoms with E-state index < -0.39 is 22.0 Å². The Hall–Kier alpha value is -2.25. The number of unbranched alkanes of at least 4 members (excludes halogenated alkanes) is 4. The molecule has 152 valence electrons. The quantitative estimate of drug-likeness (QED) is 0.501. The average Bonchev–Trinajstić information content (AvgIpc) is 2.67. The number of aliphatic carboxylic acids is 1. The minimum Gasteiger partial charge on any atom is -0.481 e. The highest BCUT2D eigenvalue weighted by molar-refractivity contribution is 7.89. The lowest BCUT2D eigenvalue weighted by Crippen LogP contribution is -2.28.